The fourth-order valence-electron chi connectivity index (χ4n) is 3.41. The van der Waals surface area contributed by atoms with E-state index in [4.69, 9.17) is 0 Å². The maximum atomic E-state index is 12.4. The van der Waals surface area contributed by atoms with Gasteiger partial charge in [0.15, 0.2) is 0 Å². The summed E-state index contributed by atoms with van der Waals surface area (Å²) in [6.45, 7) is 6.64. The number of H-pyrrole nitrogens is 1. The molecule has 1 aliphatic heterocycles. The molecular weight excluding hydrogens is 290 g/mol. The van der Waals surface area contributed by atoms with Crippen molar-refractivity contribution in [1.82, 2.24) is 24.6 Å². The van der Waals surface area contributed by atoms with E-state index in [9.17, 15) is 4.79 Å². The number of aromatic amines is 1. The van der Waals surface area contributed by atoms with Crippen molar-refractivity contribution in [1.29, 1.82) is 0 Å². The molecule has 6 nitrogen and oxygen atoms in total. The normalized spacial score (nSPS) is 16.0. The van der Waals surface area contributed by atoms with E-state index >= 15 is 0 Å². The maximum Gasteiger partial charge on any atom is 0.222 e. The fraction of sp³-hybridized carbons (Fsp3) is 0.588. The summed E-state index contributed by atoms with van der Waals surface area (Å²) in [6, 6.07) is 0. The van der Waals surface area contributed by atoms with E-state index in [0.29, 0.717) is 12.3 Å². The summed E-state index contributed by atoms with van der Waals surface area (Å²) in [5, 5.41) is 7.12. The van der Waals surface area contributed by atoms with E-state index in [1.54, 1.807) is 6.20 Å². The van der Waals surface area contributed by atoms with Crippen molar-refractivity contribution in [3.05, 3.63) is 35.7 Å². The van der Waals surface area contributed by atoms with Crippen molar-refractivity contribution >= 4 is 5.91 Å². The number of hydrogen-bond acceptors (Lipinski definition) is 3. The lowest BCUT2D eigenvalue weighted by molar-refractivity contribution is -0.132. The van der Waals surface area contributed by atoms with Crippen LogP contribution in [0.5, 0.6) is 0 Å². The Balaban J connectivity index is 1.43. The second-order valence-electron chi connectivity index (χ2n) is 6.38. The van der Waals surface area contributed by atoms with Crippen LogP contribution >= 0.6 is 0 Å². The summed E-state index contributed by atoms with van der Waals surface area (Å²) < 4.78 is 2.10. The predicted octanol–water partition coefficient (Wildman–Crippen LogP) is 2.41. The number of imidazole rings is 1. The topological polar surface area (TPSA) is 66.8 Å². The van der Waals surface area contributed by atoms with Crippen LogP contribution in [0.4, 0.5) is 0 Å². The molecule has 1 aliphatic rings. The molecule has 3 rings (SSSR count). The maximum absolute atomic E-state index is 12.4. The van der Waals surface area contributed by atoms with Crippen LogP contribution in [0.1, 0.15) is 48.7 Å². The van der Waals surface area contributed by atoms with Gasteiger partial charge in [0.1, 0.15) is 5.82 Å². The lowest BCUT2D eigenvalue weighted by Gasteiger charge is -2.32. The molecule has 1 amide bonds. The second-order valence-corrected chi connectivity index (χ2v) is 6.38. The van der Waals surface area contributed by atoms with Crippen LogP contribution in [-0.4, -0.2) is 43.6 Å². The lowest BCUT2D eigenvalue weighted by atomic mass is 9.90. The van der Waals surface area contributed by atoms with Crippen molar-refractivity contribution in [3.8, 4) is 0 Å². The molecule has 6 heteroatoms. The van der Waals surface area contributed by atoms with Crippen molar-refractivity contribution in [3.63, 3.8) is 0 Å². The van der Waals surface area contributed by atoms with Crippen LogP contribution in [0.3, 0.4) is 0 Å². The first-order chi connectivity index (χ1) is 11.1. The Kier molecular flexibility index (Phi) is 4.79. The fourth-order valence-corrected chi connectivity index (χ4v) is 3.41. The molecule has 0 aliphatic carbocycles. The molecule has 0 bridgehead atoms. The summed E-state index contributed by atoms with van der Waals surface area (Å²) in [5.41, 5.74) is 2.47. The van der Waals surface area contributed by atoms with E-state index in [1.807, 2.05) is 24.2 Å². The number of likely N-dealkylation sites (tertiary alicyclic amines) is 1. The molecule has 23 heavy (non-hydrogen) atoms. The SMILES string of the molecule is Cc1[nH]ncc1C1CCN(C(=O)CCCn2ccnc2C)CC1. The number of carbonyl (C=O) groups excluding carboxylic acids is 1. The van der Waals surface area contributed by atoms with Gasteiger partial charge >= 0.3 is 0 Å². The van der Waals surface area contributed by atoms with Gasteiger partial charge in [-0.05, 0) is 44.6 Å². The monoisotopic (exact) mass is 315 g/mol. The molecular formula is C17H25N5O. The summed E-state index contributed by atoms with van der Waals surface area (Å²) in [5.74, 6) is 1.82. The smallest absolute Gasteiger partial charge is 0.222 e. The first-order valence-electron chi connectivity index (χ1n) is 8.40. The molecule has 1 N–H and O–H groups in total. The van der Waals surface area contributed by atoms with Crippen LogP contribution in [-0.2, 0) is 11.3 Å². The minimum absolute atomic E-state index is 0.283. The van der Waals surface area contributed by atoms with Crippen LogP contribution in [0.25, 0.3) is 0 Å². The van der Waals surface area contributed by atoms with Crippen molar-refractivity contribution in [2.45, 2.75) is 52.0 Å². The number of nitrogens with zero attached hydrogens (tertiary/aromatic N) is 4. The van der Waals surface area contributed by atoms with Crippen LogP contribution in [0.2, 0.25) is 0 Å². The third-order valence-electron chi connectivity index (χ3n) is 4.87. The summed E-state index contributed by atoms with van der Waals surface area (Å²) in [6.07, 6.45) is 9.27. The molecule has 3 heterocycles. The van der Waals surface area contributed by atoms with Crippen molar-refractivity contribution in [2.24, 2.45) is 0 Å². The van der Waals surface area contributed by atoms with Crippen LogP contribution in [0.15, 0.2) is 18.6 Å². The molecule has 0 saturated carbocycles. The van der Waals surface area contributed by atoms with Gasteiger partial charge in [-0.25, -0.2) is 4.98 Å². The minimum Gasteiger partial charge on any atom is -0.343 e. The van der Waals surface area contributed by atoms with Gasteiger partial charge < -0.3 is 9.47 Å². The second kappa shape index (κ2) is 6.98. The number of aryl methyl sites for hydroxylation is 3. The molecule has 1 fully saturated rings. The number of carbonyl (C=O) groups is 1. The van der Waals surface area contributed by atoms with Gasteiger partial charge in [0.25, 0.3) is 0 Å². The zero-order valence-corrected chi connectivity index (χ0v) is 14.0. The zero-order chi connectivity index (χ0) is 16.2. The van der Waals surface area contributed by atoms with Crippen LogP contribution < -0.4 is 0 Å². The summed E-state index contributed by atoms with van der Waals surface area (Å²) in [7, 11) is 0. The average Bonchev–Trinajstić information content (AvgIpc) is 3.16. The Bertz CT molecular complexity index is 651. The average molecular weight is 315 g/mol. The number of piperidine rings is 1. The Morgan fingerprint density at radius 1 is 1.35 bits per heavy atom. The minimum atomic E-state index is 0.283. The molecule has 0 unspecified atom stereocenters. The van der Waals surface area contributed by atoms with Gasteiger partial charge in [-0.1, -0.05) is 0 Å². The first kappa shape index (κ1) is 15.8. The highest BCUT2D eigenvalue weighted by Gasteiger charge is 2.25. The quantitative estimate of drug-likeness (QED) is 0.921. The van der Waals surface area contributed by atoms with E-state index in [2.05, 4.69) is 26.7 Å². The Hall–Kier alpha value is -2.11. The number of rotatable bonds is 5. The largest absolute Gasteiger partial charge is 0.343 e. The number of aromatic nitrogens is 4. The number of nitrogens with one attached hydrogen (secondary N) is 1. The van der Waals surface area contributed by atoms with E-state index in [0.717, 1.165) is 50.4 Å². The van der Waals surface area contributed by atoms with E-state index in [1.165, 1.54) is 5.56 Å². The van der Waals surface area contributed by atoms with Gasteiger partial charge in [-0.15, -0.1) is 0 Å². The zero-order valence-electron chi connectivity index (χ0n) is 14.0. The lowest BCUT2D eigenvalue weighted by Crippen LogP contribution is -2.37. The highest BCUT2D eigenvalue weighted by molar-refractivity contribution is 5.76. The molecule has 0 aromatic carbocycles. The van der Waals surface area contributed by atoms with Crippen molar-refractivity contribution < 1.29 is 4.79 Å². The van der Waals surface area contributed by atoms with Gasteiger partial charge in [0, 0.05) is 44.1 Å². The third kappa shape index (κ3) is 3.63. The van der Waals surface area contributed by atoms with Crippen LogP contribution in [0, 0.1) is 13.8 Å². The molecule has 0 spiro atoms. The standard InChI is InChI=1S/C17H25N5O/c1-13-16(12-19-20-13)15-5-9-22(10-6-15)17(23)4-3-8-21-11-7-18-14(21)2/h7,11-12,15H,3-6,8-10H2,1-2H3,(H,19,20). The number of amides is 1. The van der Waals surface area contributed by atoms with Gasteiger partial charge in [-0.2, -0.15) is 5.10 Å². The van der Waals surface area contributed by atoms with Gasteiger partial charge in [-0.3, -0.25) is 9.89 Å². The molecule has 0 radical (unpaired) electrons. The Morgan fingerprint density at radius 3 is 2.74 bits per heavy atom. The van der Waals surface area contributed by atoms with E-state index in [-0.39, 0.29) is 5.91 Å². The molecule has 1 saturated heterocycles. The Morgan fingerprint density at radius 2 is 2.13 bits per heavy atom. The molecule has 2 aromatic heterocycles. The molecule has 2 aromatic rings. The third-order valence-corrected chi connectivity index (χ3v) is 4.87. The molecule has 0 atom stereocenters. The highest BCUT2D eigenvalue weighted by Crippen LogP contribution is 2.29. The highest BCUT2D eigenvalue weighted by atomic mass is 16.2. The summed E-state index contributed by atoms with van der Waals surface area (Å²) in [4.78, 5) is 18.6. The predicted molar refractivity (Wildman–Crippen MR) is 88.1 cm³/mol. The molecule has 124 valence electrons. The Labute approximate surface area is 136 Å². The van der Waals surface area contributed by atoms with Gasteiger partial charge in [0.2, 0.25) is 5.91 Å². The van der Waals surface area contributed by atoms with Gasteiger partial charge in [0.05, 0.1) is 6.20 Å². The first-order valence-corrected chi connectivity index (χ1v) is 8.40. The summed E-state index contributed by atoms with van der Waals surface area (Å²) >= 11 is 0. The van der Waals surface area contributed by atoms with E-state index < -0.39 is 0 Å². The number of hydrogen-bond donors (Lipinski definition) is 1. The van der Waals surface area contributed by atoms with Crippen molar-refractivity contribution in [2.75, 3.05) is 13.1 Å².